The second kappa shape index (κ2) is 7.99. The number of ether oxygens (including phenoxy) is 2. The Morgan fingerprint density at radius 3 is 2.19 bits per heavy atom. The van der Waals surface area contributed by atoms with E-state index >= 15 is 0 Å². The van der Waals surface area contributed by atoms with Gasteiger partial charge in [0.1, 0.15) is 0 Å². The molecule has 0 aliphatic heterocycles. The standard InChI is InChI=1S/C16H18O5/c1-4-20-16(19)14(17)13-7-5-12(6-8-13)9-10-21-15(18)11(2)3/h5-8H,2,4,9-10H2,1,3H3. The zero-order valence-corrected chi connectivity index (χ0v) is 12.2. The van der Waals surface area contributed by atoms with Crippen LogP contribution < -0.4 is 0 Å². The number of hydrogen-bond acceptors (Lipinski definition) is 5. The first-order chi connectivity index (χ1) is 9.95. The van der Waals surface area contributed by atoms with Gasteiger partial charge in [-0.15, -0.1) is 0 Å². The first-order valence-electron chi connectivity index (χ1n) is 6.58. The SMILES string of the molecule is C=C(C)C(=O)OCCc1ccc(C(=O)C(=O)OCC)cc1. The third-order valence-corrected chi connectivity index (χ3v) is 2.65. The topological polar surface area (TPSA) is 69.7 Å². The van der Waals surface area contributed by atoms with E-state index in [0.717, 1.165) is 5.56 Å². The molecule has 0 saturated carbocycles. The van der Waals surface area contributed by atoms with E-state index in [2.05, 4.69) is 11.3 Å². The minimum atomic E-state index is -0.861. The molecule has 0 radical (unpaired) electrons. The van der Waals surface area contributed by atoms with Gasteiger partial charge in [-0.2, -0.15) is 0 Å². The zero-order chi connectivity index (χ0) is 15.8. The third-order valence-electron chi connectivity index (χ3n) is 2.65. The van der Waals surface area contributed by atoms with Crippen LogP contribution in [0.5, 0.6) is 0 Å². The van der Waals surface area contributed by atoms with Gasteiger partial charge in [0.05, 0.1) is 13.2 Å². The molecular weight excluding hydrogens is 272 g/mol. The van der Waals surface area contributed by atoms with Crippen molar-refractivity contribution in [2.75, 3.05) is 13.2 Å². The van der Waals surface area contributed by atoms with Crippen molar-refractivity contribution in [3.63, 3.8) is 0 Å². The van der Waals surface area contributed by atoms with Crippen LogP contribution in [0.3, 0.4) is 0 Å². The number of carbonyl (C=O) groups excluding carboxylic acids is 3. The van der Waals surface area contributed by atoms with Gasteiger partial charge in [0, 0.05) is 17.6 Å². The highest BCUT2D eigenvalue weighted by molar-refractivity contribution is 6.40. The van der Waals surface area contributed by atoms with E-state index < -0.39 is 17.7 Å². The van der Waals surface area contributed by atoms with Gasteiger partial charge < -0.3 is 9.47 Å². The summed E-state index contributed by atoms with van der Waals surface area (Å²) in [6, 6.07) is 6.52. The zero-order valence-electron chi connectivity index (χ0n) is 12.2. The van der Waals surface area contributed by atoms with Gasteiger partial charge in [0.15, 0.2) is 0 Å². The van der Waals surface area contributed by atoms with E-state index in [4.69, 9.17) is 4.74 Å². The second-order valence-corrected chi connectivity index (χ2v) is 4.41. The average Bonchev–Trinajstić information content (AvgIpc) is 2.47. The van der Waals surface area contributed by atoms with Crippen LogP contribution in [0.2, 0.25) is 0 Å². The molecule has 0 heterocycles. The first-order valence-corrected chi connectivity index (χ1v) is 6.58. The molecule has 5 heteroatoms. The normalized spacial score (nSPS) is 9.81. The molecule has 112 valence electrons. The molecule has 0 aliphatic rings. The molecule has 0 fully saturated rings. The van der Waals surface area contributed by atoms with E-state index in [0.29, 0.717) is 12.0 Å². The molecular formula is C16H18O5. The van der Waals surface area contributed by atoms with E-state index in [9.17, 15) is 14.4 Å². The van der Waals surface area contributed by atoms with Gasteiger partial charge in [0.2, 0.25) is 0 Å². The lowest BCUT2D eigenvalue weighted by molar-refractivity contribution is -0.139. The lowest BCUT2D eigenvalue weighted by Gasteiger charge is -2.05. The first kappa shape index (κ1) is 16.6. The van der Waals surface area contributed by atoms with Crippen molar-refractivity contribution >= 4 is 17.7 Å². The maximum absolute atomic E-state index is 11.7. The molecule has 0 amide bonds. The van der Waals surface area contributed by atoms with Gasteiger partial charge in [0.25, 0.3) is 5.78 Å². The van der Waals surface area contributed by atoms with Gasteiger partial charge >= 0.3 is 11.9 Å². The Morgan fingerprint density at radius 2 is 1.67 bits per heavy atom. The summed E-state index contributed by atoms with van der Waals surface area (Å²) in [6.07, 6.45) is 0.521. The van der Waals surface area contributed by atoms with Crippen LogP contribution in [0, 0.1) is 0 Å². The summed E-state index contributed by atoms with van der Waals surface area (Å²) >= 11 is 0. The lowest BCUT2D eigenvalue weighted by atomic mass is 10.1. The Morgan fingerprint density at radius 1 is 1.05 bits per heavy atom. The molecule has 0 aliphatic carbocycles. The second-order valence-electron chi connectivity index (χ2n) is 4.41. The van der Waals surface area contributed by atoms with Crippen LogP contribution in [-0.4, -0.2) is 30.9 Å². The molecule has 1 aromatic carbocycles. The third kappa shape index (κ3) is 5.22. The predicted octanol–water partition coefficient (Wildman–Crippen LogP) is 2.09. The van der Waals surface area contributed by atoms with Gasteiger partial charge in [-0.25, -0.2) is 9.59 Å². The van der Waals surface area contributed by atoms with Gasteiger partial charge in [-0.3, -0.25) is 4.79 Å². The van der Waals surface area contributed by atoms with E-state index in [1.54, 1.807) is 38.1 Å². The predicted molar refractivity (Wildman–Crippen MR) is 76.9 cm³/mol. The smallest absolute Gasteiger partial charge is 0.379 e. The molecule has 0 atom stereocenters. The maximum Gasteiger partial charge on any atom is 0.379 e. The van der Waals surface area contributed by atoms with E-state index in [-0.39, 0.29) is 18.8 Å². The molecule has 1 rings (SSSR count). The lowest BCUT2D eigenvalue weighted by Crippen LogP contribution is -2.17. The van der Waals surface area contributed by atoms with Crippen molar-refractivity contribution in [2.24, 2.45) is 0 Å². The van der Waals surface area contributed by atoms with Crippen molar-refractivity contribution in [3.8, 4) is 0 Å². The van der Waals surface area contributed by atoms with E-state index in [1.165, 1.54) is 0 Å². The summed E-state index contributed by atoms with van der Waals surface area (Å²) in [5, 5.41) is 0. The summed E-state index contributed by atoms with van der Waals surface area (Å²) in [5.74, 6) is -1.96. The summed E-state index contributed by atoms with van der Waals surface area (Å²) in [4.78, 5) is 34.2. The van der Waals surface area contributed by atoms with Crippen LogP contribution in [0.15, 0.2) is 36.4 Å². The number of ketones is 1. The Hall–Kier alpha value is -2.43. The summed E-state index contributed by atoms with van der Waals surface area (Å²) in [5.41, 5.74) is 1.52. The highest BCUT2D eigenvalue weighted by atomic mass is 16.5. The van der Waals surface area contributed by atoms with Crippen molar-refractivity contribution in [3.05, 3.63) is 47.5 Å². The molecule has 0 saturated heterocycles. The van der Waals surface area contributed by atoms with Crippen molar-refractivity contribution in [2.45, 2.75) is 20.3 Å². The fourth-order valence-electron chi connectivity index (χ4n) is 1.52. The van der Waals surface area contributed by atoms with Crippen LogP contribution >= 0.6 is 0 Å². The maximum atomic E-state index is 11.7. The van der Waals surface area contributed by atoms with Crippen molar-refractivity contribution < 1.29 is 23.9 Å². The number of carbonyl (C=O) groups is 3. The average molecular weight is 290 g/mol. The number of Topliss-reactive ketones (excluding diaryl/α,β-unsaturated/α-hetero) is 1. The fraction of sp³-hybridized carbons (Fsp3) is 0.312. The Bertz CT molecular complexity index is 542. The van der Waals surface area contributed by atoms with Crippen LogP contribution in [0.1, 0.15) is 29.8 Å². The number of esters is 2. The molecule has 0 bridgehead atoms. The summed E-state index contributed by atoms with van der Waals surface area (Å²) in [7, 11) is 0. The number of benzene rings is 1. The molecule has 5 nitrogen and oxygen atoms in total. The summed E-state index contributed by atoms with van der Waals surface area (Å²) < 4.78 is 9.62. The molecule has 1 aromatic rings. The minimum absolute atomic E-state index is 0.163. The van der Waals surface area contributed by atoms with E-state index in [1.807, 2.05) is 0 Å². The van der Waals surface area contributed by atoms with Crippen molar-refractivity contribution in [1.82, 2.24) is 0 Å². The minimum Gasteiger partial charge on any atom is -0.462 e. The van der Waals surface area contributed by atoms with Crippen molar-refractivity contribution in [1.29, 1.82) is 0 Å². The number of hydrogen-bond donors (Lipinski definition) is 0. The van der Waals surface area contributed by atoms with Crippen LogP contribution in [0.4, 0.5) is 0 Å². The Kier molecular flexibility index (Phi) is 6.33. The quantitative estimate of drug-likeness (QED) is 0.333. The molecule has 0 spiro atoms. The highest BCUT2D eigenvalue weighted by Crippen LogP contribution is 2.07. The Labute approximate surface area is 123 Å². The van der Waals surface area contributed by atoms with Gasteiger partial charge in [-0.1, -0.05) is 30.8 Å². The molecule has 21 heavy (non-hydrogen) atoms. The van der Waals surface area contributed by atoms with Crippen LogP contribution in [-0.2, 0) is 25.5 Å². The highest BCUT2D eigenvalue weighted by Gasteiger charge is 2.16. The largest absolute Gasteiger partial charge is 0.462 e. The van der Waals surface area contributed by atoms with Crippen LogP contribution in [0.25, 0.3) is 0 Å². The Balaban J connectivity index is 2.54. The number of rotatable bonds is 7. The molecule has 0 N–H and O–H groups in total. The fourth-order valence-corrected chi connectivity index (χ4v) is 1.52. The monoisotopic (exact) mass is 290 g/mol. The van der Waals surface area contributed by atoms with Gasteiger partial charge in [-0.05, 0) is 19.4 Å². The summed E-state index contributed by atoms with van der Waals surface area (Å²) in [6.45, 7) is 7.10. The molecule has 0 aromatic heterocycles. The molecule has 0 unspecified atom stereocenters.